The lowest BCUT2D eigenvalue weighted by molar-refractivity contribution is -0.126. The van der Waals surface area contributed by atoms with Gasteiger partial charge in [0.2, 0.25) is 17.7 Å². The minimum absolute atomic E-state index is 0.00355. The number of Topliss-reactive ketones (excluding diaryl/α,β-unsaturated/α-hetero) is 1. The maximum absolute atomic E-state index is 16.3. The van der Waals surface area contributed by atoms with Gasteiger partial charge in [-0.2, -0.15) is 0 Å². The molecular formula is C50H50Cl2FN5O5. The Hall–Kier alpha value is -5.36. The van der Waals surface area contributed by atoms with Crippen LogP contribution < -0.4 is 21.3 Å². The third-order valence-corrected chi connectivity index (χ3v) is 14.7. The van der Waals surface area contributed by atoms with Crippen molar-refractivity contribution in [2.45, 2.75) is 119 Å². The Kier molecular flexibility index (Phi) is 11.8. The van der Waals surface area contributed by atoms with Crippen LogP contribution in [0.4, 0.5) is 15.8 Å². The summed E-state index contributed by atoms with van der Waals surface area (Å²) in [6.45, 7) is 4.28. The van der Waals surface area contributed by atoms with Crippen molar-refractivity contribution in [1.82, 2.24) is 15.5 Å². The van der Waals surface area contributed by atoms with Gasteiger partial charge >= 0.3 is 0 Å². The molecule has 1 aliphatic carbocycles. The van der Waals surface area contributed by atoms with Gasteiger partial charge in [0.1, 0.15) is 17.3 Å². The van der Waals surface area contributed by atoms with E-state index in [9.17, 15) is 24.0 Å². The fourth-order valence-electron chi connectivity index (χ4n) is 11.2. The molecule has 4 atom stereocenters. The maximum atomic E-state index is 16.3. The van der Waals surface area contributed by atoms with Crippen LogP contribution >= 0.6 is 23.2 Å². The minimum atomic E-state index is -1.34. The van der Waals surface area contributed by atoms with Crippen molar-refractivity contribution in [3.63, 3.8) is 0 Å². The number of fused-ring (bicyclic) bond motifs is 4. The number of hydrogen-bond donors (Lipinski definition) is 4. The molecule has 4 heterocycles. The number of nitrogens with zero attached hydrogens (tertiary/aromatic N) is 1. The van der Waals surface area contributed by atoms with E-state index in [4.69, 9.17) is 23.2 Å². The van der Waals surface area contributed by atoms with E-state index >= 15 is 4.39 Å². The smallest absolute Gasteiger partial charge is 0.255 e. The number of carbonyl (C=O) groups excluding carboxylic acids is 5. The molecule has 5 aliphatic rings. The number of nitrogens with one attached hydrogen (secondary N) is 4. The quantitative estimate of drug-likeness (QED) is 0.0827. The van der Waals surface area contributed by atoms with Crippen molar-refractivity contribution in [3.05, 3.63) is 140 Å². The van der Waals surface area contributed by atoms with E-state index in [1.165, 1.54) is 6.07 Å². The van der Waals surface area contributed by atoms with E-state index in [1.807, 2.05) is 18.2 Å². The minimum Gasteiger partial charge on any atom is -0.329 e. The summed E-state index contributed by atoms with van der Waals surface area (Å²) < 4.78 is 16.3. The molecule has 2 saturated heterocycles. The van der Waals surface area contributed by atoms with Crippen molar-refractivity contribution < 1.29 is 28.4 Å². The highest BCUT2D eigenvalue weighted by Gasteiger charge is 2.72. The van der Waals surface area contributed by atoms with E-state index in [2.05, 4.69) is 33.9 Å². The van der Waals surface area contributed by atoms with Gasteiger partial charge in [-0.15, -0.1) is 0 Å². The fourth-order valence-corrected chi connectivity index (χ4v) is 11.6. The first-order valence-electron chi connectivity index (χ1n) is 22.1. The monoisotopic (exact) mass is 889 g/mol. The number of aryl methyl sites for hydroxylation is 1. The number of ketones is 1. The molecule has 3 fully saturated rings. The second kappa shape index (κ2) is 17.3. The molecule has 4 N–H and O–H groups in total. The Morgan fingerprint density at radius 1 is 0.889 bits per heavy atom. The van der Waals surface area contributed by atoms with Gasteiger partial charge in [0.25, 0.3) is 5.91 Å². The molecule has 1 unspecified atom stereocenters. The largest absolute Gasteiger partial charge is 0.329 e. The molecule has 1 saturated carbocycles. The lowest BCUT2D eigenvalue weighted by Gasteiger charge is -2.47. The Morgan fingerprint density at radius 2 is 1.65 bits per heavy atom. The molecule has 0 aromatic heterocycles. The van der Waals surface area contributed by atoms with Gasteiger partial charge in [0.15, 0.2) is 5.78 Å². The van der Waals surface area contributed by atoms with Crippen LogP contribution in [-0.2, 0) is 32.8 Å². The third kappa shape index (κ3) is 7.55. The summed E-state index contributed by atoms with van der Waals surface area (Å²) in [6.07, 6.45) is 9.69. The molecule has 0 radical (unpaired) electrons. The number of rotatable bonds is 12. The number of hydrogen-bond acceptors (Lipinski definition) is 6. The van der Waals surface area contributed by atoms with E-state index in [-0.39, 0.29) is 34.1 Å². The SMILES string of the molecule is C=C1CCC(N2Cc3c(CCCCCCC(=O)c4ccc(NC(=O)[C@@H]5NC6(CCCCC6)[C@@]6(C(=O)Nc7cc(Cl)ccc76)[C@H]5c5cccc(Cl)c5F)cc4)cccc3C2=O)C(=O)N1. The first-order chi connectivity index (χ1) is 30.4. The predicted octanol–water partition coefficient (Wildman–Crippen LogP) is 9.54. The second-order valence-corrected chi connectivity index (χ2v) is 18.6. The van der Waals surface area contributed by atoms with Gasteiger partial charge in [-0.05, 0) is 116 Å². The highest BCUT2D eigenvalue weighted by molar-refractivity contribution is 6.31. The fraction of sp³-hybridized carbons (Fsp3) is 0.380. The third-order valence-electron chi connectivity index (χ3n) is 14.2. The van der Waals surface area contributed by atoms with E-state index < -0.39 is 40.7 Å². The van der Waals surface area contributed by atoms with Crippen LogP contribution in [0.2, 0.25) is 10.0 Å². The molecule has 63 heavy (non-hydrogen) atoms. The average Bonchev–Trinajstić information content (AvgIpc) is 3.87. The first kappa shape index (κ1) is 42.9. The molecule has 9 rings (SSSR count). The Balaban J connectivity index is 0.836. The predicted molar refractivity (Wildman–Crippen MR) is 241 cm³/mol. The van der Waals surface area contributed by atoms with E-state index in [0.29, 0.717) is 77.4 Å². The maximum Gasteiger partial charge on any atom is 0.255 e. The van der Waals surface area contributed by atoms with Crippen molar-refractivity contribution in [2.75, 3.05) is 10.6 Å². The number of benzene rings is 4. The number of piperidine rings is 1. The molecular weight excluding hydrogens is 840 g/mol. The zero-order chi connectivity index (χ0) is 44.0. The van der Waals surface area contributed by atoms with Gasteiger partial charge in [-0.25, -0.2) is 4.39 Å². The number of allylic oxidation sites excluding steroid dienone is 1. The molecule has 10 nitrogen and oxygen atoms in total. The molecule has 326 valence electrons. The lowest BCUT2D eigenvalue weighted by Crippen LogP contribution is -2.60. The summed E-state index contributed by atoms with van der Waals surface area (Å²) in [4.78, 5) is 70.0. The van der Waals surface area contributed by atoms with Gasteiger partial charge in [0, 0.05) is 57.6 Å². The Bertz CT molecular complexity index is 2540. The van der Waals surface area contributed by atoms with Gasteiger partial charge in [-0.3, -0.25) is 29.3 Å². The Morgan fingerprint density at radius 3 is 2.43 bits per heavy atom. The van der Waals surface area contributed by atoms with Gasteiger partial charge < -0.3 is 20.9 Å². The van der Waals surface area contributed by atoms with Crippen molar-refractivity contribution in [3.8, 4) is 0 Å². The van der Waals surface area contributed by atoms with E-state index in [0.717, 1.165) is 62.5 Å². The van der Waals surface area contributed by atoms with Crippen LogP contribution in [0.25, 0.3) is 0 Å². The van der Waals surface area contributed by atoms with Crippen LogP contribution in [-0.4, -0.2) is 51.9 Å². The Labute approximate surface area is 376 Å². The van der Waals surface area contributed by atoms with Gasteiger partial charge in [-0.1, -0.05) is 92.2 Å². The summed E-state index contributed by atoms with van der Waals surface area (Å²) in [5.74, 6) is -2.63. The number of unbranched alkanes of at least 4 members (excludes halogenated alkanes) is 3. The summed E-state index contributed by atoms with van der Waals surface area (Å²) in [6, 6.07) is 21.1. The summed E-state index contributed by atoms with van der Waals surface area (Å²) in [5.41, 5.74) is 3.69. The molecule has 4 aromatic carbocycles. The topological polar surface area (TPSA) is 137 Å². The average molecular weight is 891 g/mol. The molecule has 2 spiro atoms. The highest BCUT2D eigenvalue weighted by Crippen LogP contribution is 2.63. The number of carbonyl (C=O) groups is 5. The molecule has 4 aromatic rings. The zero-order valence-electron chi connectivity index (χ0n) is 35.0. The van der Waals surface area contributed by atoms with Crippen LogP contribution in [0.3, 0.4) is 0 Å². The van der Waals surface area contributed by atoms with Crippen LogP contribution in [0.5, 0.6) is 0 Å². The van der Waals surface area contributed by atoms with Crippen LogP contribution in [0, 0.1) is 5.82 Å². The zero-order valence-corrected chi connectivity index (χ0v) is 36.5. The summed E-state index contributed by atoms with van der Waals surface area (Å²) in [5, 5.41) is 12.9. The van der Waals surface area contributed by atoms with Crippen LogP contribution in [0.1, 0.15) is 126 Å². The standard InChI is InChI=1S/C50H50Cl2FN5O5/c1-29-17-24-40(45(60)54-29)58-28-36-30(12-9-13-34(36)47(58)62)11-5-2-3-6-16-41(59)31-18-21-33(22-19-31)55-46(61)44-42(35-14-10-15-38(52)43(35)53)50(49(57-44)25-7-4-8-26-49)37-23-20-32(51)27-39(37)56-48(50)63/h9-10,12-15,18-23,27,40,42,44,57H,1-8,11,16-17,24-26,28H2,(H,54,60)(H,55,61)(H,56,63)/t40?,42-,44+,50+/m0/s1. The highest BCUT2D eigenvalue weighted by atomic mass is 35.5. The van der Waals surface area contributed by atoms with Crippen molar-refractivity contribution in [1.29, 1.82) is 0 Å². The van der Waals surface area contributed by atoms with Crippen molar-refractivity contribution in [2.24, 2.45) is 0 Å². The summed E-state index contributed by atoms with van der Waals surface area (Å²) in [7, 11) is 0. The summed E-state index contributed by atoms with van der Waals surface area (Å²) >= 11 is 12.8. The van der Waals surface area contributed by atoms with Crippen molar-refractivity contribution >= 4 is 64.0 Å². The second-order valence-electron chi connectivity index (χ2n) is 17.8. The van der Waals surface area contributed by atoms with Crippen LogP contribution in [0.15, 0.2) is 91.1 Å². The molecule has 4 aliphatic heterocycles. The molecule has 0 bridgehead atoms. The normalized spacial score (nSPS) is 23.5. The number of amides is 4. The lowest BCUT2D eigenvalue weighted by atomic mass is 9.55. The van der Waals surface area contributed by atoms with Gasteiger partial charge in [0.05, 0.1) is 11.1 Å². The first-order valence-corrected chi connectivity index (χ1v) is 22.8. The molecule has 13 heteroatoms. The number of anilines is 2. The molecule has 4 amide bonds. The number of halogens is 3. The van der Waals surface area contributed by atoms with E-state index in [1.54, 1.807) is 53.4 Å².